The third-order valence-corrected chi connectivity index (χ3v) is 4.73. The maximum absolute atomic E-state index is 14.3. The molecular formula is C15H14Br2FNO5. The van der Waals surface area contributed by atoms with E-state index in [9.17, 15) is 14.0 Å². The average molecular weight is 467 g/mol. The van der Waals surface area contributed by atoms with Gasteiger partial charge in [0.1, 0.15) is 12.4 Å². The molecule has 0 amide bonds. The number of hydrogen-bond donors (Lipinski definition) is 0. The lowest BCUT2D eigenvalue weighted by atomic mass is 10.1. The summed E-state index contributed by atoms with van der Waals surface area (Å²) in [6, 6.07) is 1.57. The number of benzene rings is 1. The summed E-state index contributed by atoms with van der Waals surface area (Å²) in [5.74, 6) is -2.00. The van der Waals surface area contributed by atoms with E-state index in [2.05, 4.69) is 31.9 Å². The van der Waals surface area contributed by atoms with Crippen LogP contribution in [0.1, 0.15) is 5.56 Å². The largest absolute Gasteiger partial charge is 0.466 e. The van der Waals surface area contributed by atoms with Crippen LogP contribution in [-0.4, -0.2) is 39.5 Å². The molecule has 2 rings (SSSR count). The first-order valence-electron chi connectivity index (χ1n) is 6.72. The van der Waals surface area contributed by atoms with Crippen LogP contribution in [0.2, 0.25) is 0 Å². The Morgan fingerprint density at radius 1 is 1.25 bits per heavy atom. The summed E-state index contributed by atoms with van der Waals surface area (Å²) >= 11 is 6.32. The van der Waals surface area contributed by atoms with Crippen LogP contribution in [0.15, 0.2) is 26.3 Å². The molecule has 6 nitrogen and oxygen atoms in total. The Morgan fingerprint density at radius 2 is 1.88 bits per heavy atom. The molecule has 0 spiro atoms. The molecule has 0 aliphatic carbocycles. The van der Waals surface area contributed by atoms with Crippen LogP contribution >= 0.6 is 31.9 Å². The minimum Gasteiger partial charge on any atom is -0.466 e. The highest BCUT2D eigenvalue weighted by Crippen LogP contribution is 2.39. The lowest BCUT2D eigenvalue weighted by Crippen LogP contribution is -2.39. The van der Waals surface area contributed by atoms with Crippen LogP contribution in [0.25, 0.3) is 0 Å². The SMILES string of the molecule is COC(=O)C1=C(C(=O)OC)N(c2c(C)cc(Br)c(F)c2Br)COC1. The number of carbonyl (C=O) groups excluding carboxylic acids is 2. The molecule has 0 radical (unpaired) electrons. The number of nitrogens with zero attached hydrogens (tertiary/aromatic N) is 1. The zero-order chi connectivity index (χ0) is 18.0. The van der Waals surface area contributed by atoms with Crippen molar-refractivity contribution in [3.8, 4) is 0 Å². The average Bonchev–Trinajstić information content (AvgIpc) is 2.58. The predicted octanol–water partition coefficient (Wildman–Crippen LogP) is 3.05. The van der Waals surface area contributed by atoms with E-state index in [1.807, 2.05) is 0 Å². The Balaban J connectivity index is 2.71. The van der Waals surface area contributed by atoms with Gasteiger partial charge in [-0.25, -0.2) is 14.0 Å². The molecule has 1 aromatic rings. The van der Waals surface area contributed by atoms with Crippen molar-refractivity contribution in [2.24, 2.45) is 0 Å². The van der Waals surface area contributed by atoms with Crippen molar-refractivity contribution in [1.29, 1.82) is 0 Å². The molecule has 0 aromatic heterocycles. The molecule has 0 fully saturated rings. The van der Waals surface area contributed by atoms with E-state index >= 15 is 0 Å². The molecule has 0 saturated carbocycles. The van der Waals surface area contributed by atoms with Gasteiger partial charge in [-0.05, 0) is 50.4 Å². The van der Waals surface area contributed by atoms with Crippen LogP contribution in [0, 0.1) is 12.7 Å². The van der Waals surface area contributed by atoms with Gasteiger partial charge in [0.25, 0.3) is 0 Å². The highest BCUT2D eigenvalue weighted by atomic mass is 79.9. The van der Waals surface area contributed by atoms with Gasteiger partial charge in [-0.3, -0.25) is 0 Å². The van der Waals surface area contributed by atoms with Gasteiger partial charge in [0.2, 0.25) is 0 Å². The smallest absolute Gasteiger partial charge is 0.355 e. The van der Waals surface area contributed by atoms with Crippen molar-refractivity contribution in [2.45, 2.75) is 6.92 Å². The lowest BCUT2D eigenvalue weighted by Gasteiger charge is -2.33. The second-order valence-corrected chi connectivity index (χ2v) is 6.52. The van der Waals surface area contributed by atoms with E-state index in [1.165, 1.54) is 19.1 Å². The van der Waals surface area contributed by atoms with Crippen LogP contribution in [0.4, 0.5) is 10.1 Å². The van der Waals surface area contributed by atoms with Gasteiger partial charge in [0, 0.05) is 0 Å². The Bertz CT molecular complexity index is 735. The maximum atomic E-state index is 14.3. The summed E-state index contributed by atoms with van der Waals surface area (Å²) in [5.41, 5.74) is 0.981. The molecular weight excluding hydrogens is 453 g/mol. The standard InChI is InChI=1S/C15H14Br2FNO5/c1-7-4-9(16)11(18)10(17)12(7)19-6-24-5-8(14(20)22-2)13(19)15(21)23-3/h4H,5-6H2,1-3H3. The Morgan fingerprint density at radius 3 is 2.46 bits per heavy atom. The van der Waals surface area contributed by atoms with E-state index in [1.54, 1.807) is 13.0 Å². The highest BCUT2D eigenvalue weighted by Gasteiger charge is 2.34. The van der Waals surface area contributed by atoms with E-state index in [0.717, 1.165) is 0 Å². The van der Waals surface area contributed by atoms with Crippen LogP contribution < -0.4 is 4.90 Å². The third kappa shape index (κ3) is 3.33. The van der Waals surface area contributed by atoms with Gasteiger partial charge in [-0.15, -0.1) is 0 Å². The molecule has 24 heavy (non-hydrogen) atoms. The summed E-state index contributed by atoms with van der Waals surface area (Å²) < 4.78 is 29.5. The van der Waals surface area contributed by atoms with Gasteiger partial charge >= 0.3 is 11.9 Å². The van der Waals surface area contributed by atoms with Crippen molar-refractivity contribution in [2.75, 3.05) is 32.5 Å². The van der Waals surface area contributed by atoms with E-state index in [0.29, 0.717) is 11.3 Å². The van der Waals surface area contributed by atoms with Crippen molar-refractivity contribution >= 4 is 49.5 Å². The molecule has 0 atom stereocenters. The molecule has 1 heterocycles. The minimum atomic E-state index is -0.742. The number of anilines is 1. The first-order chi connectivity index (χ1) is 11.3. The number of ether oxygens (including phenoxy) is 3. The zero-order valence-electron chi connectivity index (χ0n) is 13.1. The van der Waals surface area contributed by atoms with Crippen molar-refractivity contribution < 1.29 is 28.2 Å². The lowest BCUT2D eigenvalue weighted by molar-refractivity contribution is -0.140. The van der Waals surface area contributed by atoms with E-state index in [-0.39, 0.29) is 33.6 Å². The summed E-state index contributed by atoms with van der Waals surface area (Å²) in [5, 5.41) is 0. The minimum absolute atomic E-state index is 0.00484. The fraction of sp³-hybridized carbons (Fsp3) is 0.333. The van der Waals surface area contributed by atoms with Gasteiger partial charge in [-0.1, -0.05) is 0 Å². The van der Waals surface area contributed by atoms with Crippen molar-refractivity contribution in [3.63, 3.8) is 0 Å². The Labute approximate surface area is 154 Å². The molecule has 0 saturated heterocycles. The number of aryl methyl sites for hydroxylation is 1. The van der Waals surface area contributed by atoms with Crippen LogP contribution in [0.3, 0.4) is 0 Å². The first kappa shape index (κ1) is 18.9. The normalized spacial score (nSPS) is 14.7. The highest BCUT2D eigenvalue weighted by molar-refractivity contribution is 9.11. The summed E-state index contributed by atoms with van der Waals surface area (Å²) in [4.78, 5) is 25.6. The number of methoxy groups -OCH3 is 2. The quantitative estimate of drug-likeness (QED) is 0.504. The molecule has 0 N–H and O–H groups in total. The number of carbonyl (C=O) groups is 2. The summed E-state index contributed by atoms with van der Waals surface area (Å²) in [6.45, 7) is 1.58. The molecule has 0 unspecified atom stereocenters. The summed E-state index contributed by atoms with van der Waals surface area (Å²) in [7, 11) is 2.39. The van der Waals surface area contributed by atoms with Crippen LogP contribution in [-0.2, 0) is 23.8 Å². The predicted molar refractivity (Wildman–Crippen MR) is 90.9 cm³/mol. The molecule has 1 aliphatic heterocycles. The fourth-order valence-electron chi connectivity index (χ4n) is 2.36. The Kier molecular flexibility index (Phi) is 6.00. The number of halogens is 3. The van der Waals surface area contributed by atoms with E-state index in [4.69, 9.17) is 14.2 Å². The molecule has 1 aliphatic rings. The first-order valence-corrected chi connectivity index (χ1v) is 8.31. The zero-order valence-corrected chi connectivity index (χ0v) is 16.3. The number of hydrogen-bond acceptors (Lipinski definition) is 6. The van der Waals surface area contributed by atoms with Gasteiger partial charge < -0.3 is 19.1 Å². The number of esters is 2. The molecule has 1 aromatic carbocycles. The topological polar surface area (TPSA) is 65.1 Å². The summed E-state index contributed by atoms with van der Waals surface area (Å²) in [6.07, 6.45) is 0. The second kappa shape index (κ2) is 7.62. The monoisotopic (exact) mass is 465 g/mol. The Hall–Kier alpha value is -1.45. The van der Waals surface area contributed by atoms with Gasteiger partial charge in [0.05, 0.1) is 41.0 Å². The van der Waals surface area contributed by atoms with E-state index < -0.39 is 17.8 Å². The third-order valence-electron chi connectivity index (χ3n) is 3.43. The molecule has 0 bridgehead atoms. The van der Waals surface area contributed by atoms with Gasteiger partial charge in [0.15, 0.2) is 5.82 Å². The van der Waals surface area contributed by atoms with Gasteiger partial charge in [-0.2, -0.15) is 0 Å². The van der Waals surface area contributed by atoms with Crippen molar-refractivity contribution in [3.05, 3.63) is 37.7 Å². The fourth-order valence-corrected chi connectivity index (χ4v) is 3.90. The molecule has 130 valence electrons. The van der Waals surface area contributed by atoms with Crippen LogP contribution in [0.5, 0.6) is 0 Å². The number of rotatable bonds is 3. The van der Waals surface area contributed by atoms with Crippen molar-refractivity contribution in [1.82, 2.24) is 0 Å². The maximum Gasteiger partial charge on any atom is 0.355 e. The molecule has 9 heteroatoms. The second-order valence-electron chi connectivity index (χ2n) is 4.87.